The number of rotatable bonds is 7. The molecule has 0 fully saturated rings. The highest BCUT2D eigenvalue weighted by Crippen LogP contribution is 2.27. The zero-order valence-electron chi connectivity index (χ0n) is 17.0. The van der Waals surface area contributed by atoms with Crippen LogP contribution in [0.4, 0.5) is 15.8 Å². The van der Waals surface area contributed by atoms with Crippen LogP contribution in [0.15, 0.2) is 77.7 Å². The van der Waals surface area contributed by atoms with E-state index in [2.05, 4.69) is 10.6 Å². The Morgan fingerprint density at radius 1 is 0.871 bits per heavy atom. The average Bonchev–Trinajstić information content (AvgIpc) is 2.74. The first-order valence-electron chi connectivity index (χ1n) is 9.58. The molecular formula is C24H21FN2O3S. The maximum atomic E-state index is 13.8. The first-order chi connectivity index (χ1) is 14.8. The number of ketones is 1. The van der Waals surface area contributed by atoms with Crippen LogP contribution in [-0.2, 0) is 4.79 Å². The number of amides is 2. The standard InChI is InChI=1S/C24H21FN2O3S/c1-15(28)17-10-12-18(13-11-17)26-23(29)16(2)31-20-7-5-6-19(14-20)27-24(30)21-8-3-4-9-22(21)25/h3-14,16H,1-2H3,(H,26,29)(H,27,30). The fourth-order valence-electron chi connectivity index (χ4n) is 2.78. The van der Waals surface area contributed by atoms with Gasteiger partial charge in [0.15, 0.2) is 5.78 Å². The van der Waals surface area contributed by atoms with Gasteiger partial charge in [0.2, 0.25) is 5.91 Å². The molecule has 0 saturated carbocycles. The van der Waals surface area contributed by atoms with Crippen LogP contribution >= 0.6 is 11.8 Å². The van der Waals surface area contributed by atoms with Crippen LogP contribution in [0.3, 0.4) is 0 Å². The summed E-state index contributed by atoms with van der Waals surface area (Å²) in [6, 6.07) is 19.5. The molecule has 0 aliphatic carbocycles. The summed E-state index contributed by atoms with van der Waals surface area (Å²) in [7, 11) is 0. The highest BCUT2D eigenvalue weighted by molar-refractivity contribution is 8.00. The SMILES string of the molecule is CC(=O)c1ccc(NC(=O)C(C)Sc2cccc(NC(=O)c3ccccc3F)c2)cc1. The second-order valence-corrected chi connectivity index (χ2v) is 8.26. The Labute approximate surface area is 184 Å². The third kappa shape index (κ3) is 6.02. The Hall–Kier alpha value is -3.45. The van der Waals surface area contributed by atoms with Gasteiger partial charge in [0.1, 0.15) is 5.82 Å². The molecule has 3 aromatic rings. The number of hydrogen-bond acceptors (Lipinski definition) is 4. The van der Waals surface area contributed by atoms with Crippen molar-refractivity contribution in [3.63, 3.8) is 0 Å². The lowest BCUT2D eigenvalue weighted by molar-refractivity contribution is -0.115. The fourth-order valence-corrected chi connectivity index (χ4v) is 3.71. The van der Waals surface area contributed by atoms with E-state index in [9.17, 15) is 18.8 Å². The van der Waals surface area contributed by atoms with Gasteiger partial charge in [0, 0.05) is 21.8 Å². The van der Waals surface area contributed by atoms with Crippen LogP contribution < -0.4 is 10.6 Å². The monoisotopic (exact) mass is 436 g/mol. The van der Waals surface area contributed by atoms with Crippen molar-refractivity contribution in [2.75, 3.05) is 10.6 Å². The number of carbonyl (C=O) groups is 3. The normalized spacial score (nSPS) is 11.5. The second kappa shape index (κ2) is 10.0. The molecule has 3 aromatic carbocycles. The molecule has 7 heteroatoms. The van der Waals surface area contributed by atoms with Crippen molar-refractivity contribution in [2.45, 2.75) is 24.0 Å². The van der Waals surface area contributed by atoms with Gasteiger partial charge in [-0.1, -0.05) is 18.2 Å². The Morgan fingerprint density at radius 3 is 2.26 bits per heavy atom. The molecule has 3 rings (SSSR count). The minimum absolute atomic E-state index is 0.0379. The van der Waals surface area contributed by atoms with Crippen LogP contribution in [0.5, 0.6) is 0 Å². The Balaban J connectivity index is 1.61. The van der Waals surface area contributed by atoms with Gasteiger partial charge >= 0.3 is 0 Å². The molecule has 0 bridgehead atoms. The predicted molar refractivity (Wildman–Crippen MR) is 121 cm³/mol. The second-order valence-electron chi connectivity index (χ2n) is 6.84. The van der Waals surface area contributed by atoms with Gasteiger partial charge in [0.25, 0.3) is 5.91 Å². The largest absolute Gasteiger partial charge is 0.325 e. The van der Waals surface area contributed by atoms with Crippen LogP contribution in [0.1, 0.15) is 34.6 Å². The molecule has 158 valence electrons. The van der Waals surface area contributed by atoms with Gasteiger partial charge in [-0.2, -0.15) is 0 Å². The zero-order chi connectivity index (χ0) is 22.4. The van der Waals surface area contributed by atoms with Crippen LogP contribution in [0.2, 0.25) is 0 Å². The Bertz CT molecular complexity index is 1120. The third-order valence-electron chi connectivity index (χ3n) is 4.45. The van der Waals surface area contributed by atoms with Crippen molar-refractivity contribution in [1.29, 1.82) is 0 Å². The number of halogens is 1. The van der Waals surface area contributed by atoms with Gasteiger partial charge in [-0.25, -0.2) is 4.39 Å². The maximum absolute atomic E-state index is 13.8. The third-order valence-corrected chi connectivity index (χ3v) is 5.55. The number of thioether (sulfide) groups is 1. The summed E-state index contributed by atoms with van der Waals surface area (Å²) in [6.45, 7) is 3.26. The predicted octanol–water partition coefficient (Wildman–Crippen LogP) is 5.40. The maximum Gasteiger partial charge on any atom is 0.258 e. The molecule has 1 atom stereocenters. The van der Waals surface area contributed by atoms with Gasteiger partial charge in [-0.05, 0) is 68.4 Å². The van der Waals surface area contributed by atoms with E-state index in [1.165, 1.54) is 36.9 Å². The zero-order valence-corrected chi connectivity index (χ0v) is 17.8. The molecular weight excluding hydrogens is 415 g/mol. The van der Waals surface area contributed by atoms with Gasteiger partial charge in [-0.15, -0.1) is 11.8 Å². The summed E-state index contributed by atoms with van der Waals surface area (Å²) in [6.07, 6.45) is 0. The molecule has 0 heterocycles. The molecule has 1 unspecified atom stereocenters. The number of Topliss-reactive ketones (excluding diaryl/α,β-unsaturated/α-hetero) is 1. The van der Waals surface area contributed by atoms with E-state index in [0.717, 1.165) is 4.90 Å². The van der Waals surface area contributed by atoms with Gasteiger partial charge in [-0.3, -0.25) is 14.4 Å². The first kappa shape index (κ1) is 22.2. The molecule has 31 heavy (non-hydrogen) atoms. The van der Waals surface area contributed by atoms with Crippen molar-refractivity contribution in [2.24, 2.45) is 0 Å². The molecule has 0 spiro atoms. The summed E-state index contributed by atoms with van der Waals surface area (Å²) in [5.74, 6) is -1.36. The Morgan fingerprint density at radius 2 is 1.58 bits per heavy atom. The number of nitrogens with one attached hydrogen (secondary N) is 2. The topological polar surface area (TPSA) is 75.3 Å². The van der Waals surface area contributed by atoms with Crippen LogP contribution in [0.25, 0.3) is 0 Å². The summed E-state index contributed by atoms with van der Waals surface area (Å²) in [5.41, 5.74) is 1.65. The van der Waals surface area contributed by atoms with Crippen molar-refractivity contribution in [3.8, 4) is 0 Å². The van der Waals surface area contributed by atoms with Crippen molar-refractivity contribution < 1.29 is 18.8 Å². The number of carbonyl (C=O) groups excluding carboxylic acids is 3. The molecule has 0 aromatic heterocycles. The minimum atomic E-state index is -0.591. The molecule has 5 nitrogen and oxygen atoms in total. The summed E-state index contributed by atoms with van der Waals surface area (Å²) in [4.78, 5) is 36.9. The van der Waals surface area contributed by atoms with E-state index in [-0.39, 0.29) is 17.3 Å². The lowest BCUT2D eigenvalue weighted by atomic mass is 10.1. The van der Waals surface area contributed by atoms with Crippen LogP contribution in [0, 0.1) is 5.82 Å². The van der Waals surface area contributed by atoms with E-state index in [1.807, 2.05) is 6.07 Å². The minimum Gasteiger partial charge on any atom is -0.325 e. The molecule has 0 saturated heterocycles. The summed E-state index contributed by atoms with van der Waals surface area (Å²) < 4.78 is 13.8. The van der Waals surface area contributed by atoms with Crippen molar-refractivity contribution >= 4 is 40.7 Å². The van der Waals surface area contributed by atoms with E-state index in [1.54, 1.807) is 55.5 Å². The highest BCUT2D eigenvalue weighted by Gasteiger charge is 2.16. The fraction of sp³-hybridized carbons (Fsp3) is 0.125. The molecule has 2 N–H and O–H groups in total. The lowest BCUT2D eigenvalue weighted by Gasteiger charge is -2.13. The summed E-state index contributed by atoms with van der Waals surface area (Å²) >= 11 is 1.33. The van der Waals surface area contributed by atoms with Gasteiger partial charge < -0.3 is 10.6 Å². The number of anilines is 2. The van der Waals surface area contributed by atoms with Crippen LogP contribution in [-0.4, -0.2) is 22.8 Å². The lowest BCUT2D eigenvalue weighted by Crippen LogP contribution is -2.22. The van der Waals surface area contributed by atoms with Crippen molar-refractivity contribution in [1.82, 2.24) is 0 Å². The quantitative estimate of drug-likeness (QED) is 0.384. The average molecular weight is 437 g/mol. The van der Waals surface area contributed by atoms with E-state index < -0.39 is 17.0 Å². The molecule has 0 radical (unpaired) electrons. The summed E-state index contributed by atoms with van der Waals surface area (Å²) in [5, 5.41) is 5.08. The van der Waals surface area contributed by atoms with Crippen molar-refractivity contribution in [3.05, 3.63) is 89.7 Å². The van der Waals surface area contributed by atoms with E-state index in [0.29, 0.717) is 16.9 Å². The number of benzene rings is 3. The van der Waals surface area contributed by atoms with E-state index >= 15 is 0 Å². The van der Waals surface area contributed by atoms with E-state index in [4.69, 9.17) is 0 Å². The number of hydrogen-bond donors (Lipinski definition) is 2. The smallest absolute Gasteiger partial charge is 0.258 e. The first-order valence-corrected chi connectivity index (χ1v) is 10.5. The molecule has 0 aliphatic heterocycles. The Kier molecular flexibility index (Phi) is 7.20. The van der Waals surface area contributed by atoms with Gasteiger partial charge in [0.05, 0.1) is 10.8 Å². The molecule has 2 amide bonds. The molecule has 0 aliphatic rings. The highest BCUT2D eigenvalue weighted by atomic mass is 32.2.